The number of primary amides is 1. The zero-order valence-electron chi connectivity index (χ0n) is 13.7. The molecule has 6 heteroatoms. The Balaban J connectivity index is 2.02. The van der Waals surface area contributed by atoms with E-state index in [0.29, 0.717) is 30.7 Å². The Kier molecular flexibility index (Phi) is 4.49. The highest BCUT2D eigenvalue weighted by Crippen LogP contribution is 2.35. The number of aromatic nitrogens is 1. The van der Waals surface area contributed by atoms with Crippen LogP contribution in [0.25, 0.3) is 10.9 Å². The van der Waals surface area contributed by atoms with Crippen molar-refractivity contribution in [3.8, 4) is 0 Å². The molecule has 1 saturated heterocycles. The summed E-state index contributed by atoms with van der Waals surface area (Å²) in [6, 6.07) is 9.32. The molecule has 1 aliphatic heterocycles. The lowest BCUT2D eigenvalue weighted by Crippen LogP contribution is -2.52. The summed E-state index contributed by atoms with van der Waals surface area (Å²) in [5.74, 6) is -0.558. The molecule has 0 unspecified atom stereocenters. The summed E-state index contributed by atoms with van der Waals surface area (Å²) in [4.78, 5) is 30.9. The van der Waals surface area contributed by atoms with Gasteiger partial charge >= 0.3 is 0 Å². The van der Waals surface area contributed by atoms with Gasteiger partial charge in [-0.15, -0.1) is 0 Å². The minimum Gasteiger partial charge on any atom is -0.382 e. The Morgan fingerprint density at radius 3 is 2.88 bits per heavy atom. The summed E-state index contributed by atoms with van der Waals surface area (Å²) < 4.78 is 5.32. The lowest BCUT2D eigenvalue weighted by molar-refractivity contribution is -0.121. The fraction of sp³-hybridized carbons (Fsp3) is 0.389. The standard InChI is InChI=1S/C18H21N3O3/c1-24-12-18(11-15(19)22)8-4-10-21(18)17(23)14-7-2-5-13-6-3-9-20-16(13)14/h2-3,5-7,9H,4,8,10-12H2,1H3,(H2,19,22)/t18-/m1/s1. The molecule has 0 spiro atoms. The van der Waals surface area contributed by atoms with E-state index in [1.54, 1.807) is 24.3 Å². The fourth-order valence-corrected chi connectivity index (χ4v) is 3.66. The van der Waals surface area contributed by atoms with E-state index >= 15 is 0 Å². The summed E-state index contributed by atoms with van der Waals surface area (Å²) >= 11 is 0. The number of carbonyl (C=O) groups is 2. The summed E-state index contributed by atoms with van der Waals surface area (Å²) in [7, 11) is 1.57. The Bertz CT molecular complexity index is 772. The second kappa shape index (κ2) is 6.57. The van der Waals surface area contributed by atoms with Crippen molar-refractivity contribution >= 4 is 22.7 Å². The molecule has 2 aromatic rings. The molecule has 6 nitrogen and oxygen atoms in total. The molecule has 126 valence electrons. The molecule has 3 rings (SSSR count). The quantitative estimate of drug-likeness (QED) is 0.906. The van der Waals surface area contributed by atoms with Crippen LogP contribution in [0.3, 0.4) is 0 Å². The number of carbonyl (C=O) groups excluding carboxylic acids is 2. The monoisotopic (exact) mass is 327 g/mol. The van der Waals surface area contributed by atoms with Crippen molar-refractivity contribution in [3.05, 3.63) is 42.1 Å². The van der Waals surface area contributed by atoms with Crippen LogP contribution >= 0.6 is 0 Å². The number of rotatable bonds is 5. The topological polar surface area (TPSA) is 85.5 Å². The van der Waals surface area contributed by atoms with Crippen molar-refractivity contribution in [2.75, 3.05) is 20.3 Å². The summed E-state index contributed by atoms with van der Waals surface area (Å²) in [5, 5.41) is 0.912. The number of likely N-dealkylation sites (tertiary alicyclic amines) is 1. The van der Waals surface area contributed by atoms with Gasteiger partial charge in [-0.3, -0.25) is 14.6 Å². The molecular weight excluding hydrogens is 306 g/mol. The highest BCUT2D eigenvalue weighted by atomic mass is 16.5. The number of para-hydroxylation sites is 1. The molecule has 1 atom stereocenters. The van der Waals surface area contributed by atoms with Crippen LogP contribution in [0.1, 0.15) is 29.6 Å². The fourth-order valence-electron chi connectivity index (χ4n) is 3.66. The van der Waals surface area contributed by atoms with Crippen molar-refractivity contribution in [1.29, 1.82) is 0 Å². The predicted octanol–water partition coefficient (Wildman–Crippen LogP) is 1.73. The normalized spacial score (nSPS) is 20.5. The minimum absolute atomic E-state index is 0.102. The number of amides is 2. The van der Waals surface area contributed by atoms with Crippen molar-refractivity contribution in [3.63, 3.8) is 0 Å². The second-order valence-corrected chi connectivity index (χ2v) is 6.24. The van der Waals surface area contributed by atoms with E-state index in [9.17, 15) is 9.59 Å². The van der Waals surface area contributed by atoms with E-state index in [2.05, 4.69) is 4.98 Å². The molecule has 2 heterocycles. The summed E-state index contributed by atoms with van der Waals surface area (Å²) in [5.41, 5.74) is 5.97. The molecule has 0 radical (unpaired) electrons. The maximum atomic E-state index is 13.2. The van der Waals surface area contributed by atoms with Crippen molar-refractivity contribution < 1.29 is 14.3 Å². The molecule has 1 aromatic carbocycles. The Hall–Kier alpha value is -2.47. The van der Waals surface area contributed by atoms with Crippen LogP contribution in [0, 0.1) is 0 Å². The number of hydrogen-bond acceptors (Lipinski definition) is 4. The number of hydrogen-bond donors (Lipinski definition) is 1. The van der Waals surface area contributed by atoms with Crippen LogP contribution in [-0.4, -0.2) is 47.5 Å². The summed E-state index contributed by atoms with van der Waals surface area (Å²) in [6.45, 7) is 0.874. The van der Waals surface area contributed by atoms with Crippen LogP contribution in [-0.2, 0) is 9.53 Å². The SMILES string of the molecule is COC[C@]1(CC(N)=O)CCCN1C(=O)c1cccc2cccnc12. The lowest BCUT2D eigenvalue weighted by atomic mass is 9.91. The van der Waals surface area contributed by atoms with Gasteiger partial charge in [0.05, 0.1) is 29.6 Å². The molecule has 0 aliphatic carbocycles. The van der Waals surface area contributed by atoms with Crippen LogP contribution in [0.4, 0.5) is 0 Å². The van der Waals surface area contributed by atoms with E-state index in [0.717, 1.165) is 11.8 Å². The van der Waals surface area contributed by atoms with Gasteiger partial charge in [-0.2, -0.15) is 0 Å². The molecular formula is C18H21N3O3. The molecule has 2 N–H and O–H groups in total. The number of nitrogens with two attached hydrogens (primary N) is 1. The van der Waals surface area contributed by atoms with E-state index in [1.807, 2.05) is 24.3 Å². The van der Waals surface area contributed by atoms with Crippen molar-refractivity contribution in [1.82, 2.24) is 9.88 Å². The van der Waals surface area contributed by atoms with Crippen LogP contribution < -0.4 is 5.73 Å². The highest BCUT2D eigenvalue weighted by molar-refractivity contribution is 6.06. The van der Waals surface area contributed by atoms with Crippen LogP contribution in [0.2, 0.25) is 0 Å². The van der Waals surface area contributed by atoms with Gasteiger partial charge < -0.3 is 15.4 Å². The van der Waals surface area contributed by atoms with E-state index < -0.39 is 11.4 Å². The minimum atomic E-state index is -0.672. The van der Waals surface area contributed by atoms with E-state index in [1.165, 1.54) is 0 Å². The first-order chi connectivity index (χ1) is 11.6. The van der Waals surface area contributed by atoms with E-state index in [-0.39, 0.29) is 12.3 Å². The molecule has 24 heavy (non-hydrogen) atoms. The zero-order chi connectivity index (χ0) is 17.2. The second-order valence-electron chi connectivity index (χ2n) is 6.24. The molecule has 1 aromatic heterocycles. The molecule has 0 bridgehead atoms. The smallest absolute Gasteiger partial charge is 0.256 e. The maximum Gasteiger partial charge on any atom is 0.256 e. The number of ether oxygens (including phenoxy) is 1. The van der Waals surface area contributed by atoms with Crippen LogP contribution in [0.5, 0.6) is 0 Å². The van der Waals surface area contributed by atoms with Gasteiger partial charge in [0, 0.05) is 25.2 Å². The lowest BCUT2D eigenvalue weighted by Gasteiger charge is -2.37. The van der Waals surface area contributed by atoms with Gasteiger partial charge in [0.15, 0.2) is 0 Å². The first-order valence-electron chi connectivity index (χ1n) is 8.00. The van der Waals surface area contributed by atoms with Gasteiger partial charge in [-0.05, 0) is 25.0 Å². The Labute approximate surface area is 140 Å². The zero-order valence-corrected chi connectivity index (χ0v) is 13.7. The van der Waals surface area contributed by atoms with Gasteiger partial charge in [0.25, 0.3) is 5.91 Å². The van der Waals surface area contributed by atoms with Crippen molar-refractivity contribution in [2.45, 2.75) is 24.8 Å². The average molecular weight is 327 g/mol. The summed E-state index contributed by atoms with van der Waals surface area (Å²) in [6.07, 6.45) is 3.30. The number of fused-ring (bicyclic) bond motifs is 1. The third kappa shape index (κ3) is 2.85. The number of benzene rings is 1. The van der Waals surface area contributed by atoms with Gasteiger partial charge in [-0.25, -0.2) is 0 Å². The average Bonchev–Trinajstić information content (AvgIpc) is 2.96. The largest absolute Gasteiger partial charge is 0.382 e. The Morgan fingerprint density at radius 1 is 1.33 bits per heavy atom. The highest BCUT2D eigenvalue weighted by Gasteiger charge is 2.45. The third-order valence-electron chi connectivity index (χ3n) is 4.62. The number of nitrogens with zero attached hydrogens (tertiary/aromatic N) is 2. The van der Waals surface area contributed by atoms with Gasteiger partial charge in [0.1, 0.15) is 0 Å². The Morgan fingerprint density at radius 2 is 2.12 bits per heavy atom. The number of methoxy groups -OCH3 is 1. The van der Waals surface area contributed by atoms with Crippen molar-refractivity contribution in [2.24, 2.45) is 5.73 Å². The molecule has 1 aliphatic rings. The molecule has 0 saturated carbocycles. The molecule has 1 fully saturated rings. The first kappa shape index (κ1) is 16.4. The third-order valence-corrected chi connectivity index (χ3v) is 4.62. The first-order valence-corrected chi connectivity index (χ1v) is 8.00. The predicted molar refractivity (Wildman–Crippen MR) is 90.4 cm³/mol. The van der Waals surface area contributed by atoms with Gasteiger partial charge in [-0.1, -0.05) is 18.2 Å². The van der Waals surface area contributed by atoms with Gasteiger partial charge in [0.2, 0.25) is 5.91 Å². The number of pyridine rings is 1. The van der Waals surface area contributed by atoms with E-state index in [4.69, 9.17) is 10.5 Å². The van der Waals surface area contributed by atoms with Crippen LogP contribution in [0.15, 0.2) is 36.5 Å². The molecule has 2 amide bonds. The maximum absolute atomic E-state index is 13.2.